The fourth-order valence-corrected chi connectivity index (χ4v) is 3.20. The number of nitrogens with one attached hydrogen (secondary N) is 1. The molecule has 0 bridgehead atoms. The van der Waals surface area contributed by atoms with E-state index >= 15 is 0 Å². The number of hydrogen-bond donors (Lipinski definition) is 1. The number of carbonyl (C=O) groups excluding carboxylic acids is 2. The lowest BCUT2D eigenvalue weighted by Gasteiger charge is -2.07. The van der Waals surface area contributed by atoms with Gasteiger partial charge in [0.15, 0.2) is 6.61 Å². The van der Waals surface area contributed by atoms with Crippen molar-refractivity contribution < 1.29 is 19.1 Å². The molecule has 1 heterocycles. The molecule has 1 fully saturated rings. The fraction of sp³-hybridized carbons (Fsp3) is 0.364. The maximum atomic E-state index is 11.9. The zero-order chi connectivity index (χ0) is 20.1. The van der Waals surface area contributed by atoms with E-state index in [1.54, 1.807) is 13.2 Å². The Kier molecular flexibility index (Phi) is 6.19. The van der Waals surface area contributed by atoms with Gasteiger partial charge >= 0.3 is 5.97 Å². The molecule has 1 amide bonds. The first-order valence-corrected chi connectivity index (χ1v) is 9.41. The Morgan fingerprint density at radius 3 is 2.57 bits per heavy atom. The predicted molar refractivity (Wildman–Crippen MR) is 107 cm³/mol. The molecule has 1 saturated carbocycles. The van der Waals surface area contributed by atoms with Crippen LogP contribution in [-0.2, 0) is 20.9 Å². The number of benzene rings is 1. The van der Waals surface area contributed by atoms with E-state index in [0.717, 1.165) is 22.6 Å². The molecule has 0 radical (unpaired) electrons. The van der Waals surface area contributed by atoms with Crippen LogP contribution in [0.25, 0.3) is 6.08 Å². The number of methoxy groups -OCH3 is 1. The summed E-state index contributed by atoms with van der Waals surface area (Å²) >= 11 is 0. The molecule has 1 aromatic carbocycles. The van der Waals surface area contributed by atoms with E-state index in [2.05, 4.69) is 29.8 Å². The highest BCUT2D eigenvalue weighted by molar-refractivity contribution is 5.89. The Bertz CT molecular complexity index is 877. The van der Waals surface area contributed by atoms with Crippen LogP contribution in [-0.4, -0.2) is 30.2 Å². The molecule has 0 aliphatic heterocycles. The molecule has 1 aromatic heterocycles. The average Bonchev–Trinajstić information content (AvgIpc) is 3.48. The maximum absolute atomic E-state index is 11.9. The lowest BCUT2D eigenvalue weighted by molar-refractivity contribution is -0.143. The normalized spacial score (nSPS) is 13.5. The Balaban J connectivity index is 1.44. The highest BCUT2D eigenvalue weighted by atomic mass is 16.5. The topological polar surface area (TPSA) is 69.6 Å². The number of nitrogens with zero attached hydrogens (tertiary/aromatic N) is 1. The molecule has 28 heavy (non-hydrogen) atoms. The van der Waals surface area contributed by atoms with Crippen LogP contribution >= 0.6 is 0 Å². The summed E-state index contributed by atoms with van der Waals surface area (Å²) in [5.74, 6) is -0.117. The Morgan fingerprint density at radius 2 is 1.93 bits per heavy atom. The molecular weight excluding hydrogens is 356 g/mol. The molecule has 6 heteroatoms. The SMILES string of the molecule is COc1ccc(CNC(=O)COC(=O)/C=C/c2cc(C)n(C3CC3)c2C)cc1. The quantitative estimate of drug-likeness (QED) is 0.562. The smallest absolute Gasteiger partial charge is 0.331 e. The highest BCUT2D eigenvalue weighted by Gasteiger charge is 2.26. The summed E-state index contributed by atoms with van der Waals surface area (Å²) in [7, 11) is 1.60. The van der Waals surface area contributed by atoms with E-state index in [1.807, 2.05) is 24.3 Å². The molecule has 1 aliphatic rings. The van der Waals surface area contributed by atoms with Gasteiger partial charge < -0.3 is 19.4 Å². The summed E-state index contributed by atoms with van der Waals surface area (Å²) in [6.45, 7) is 4.20. The summed E-state index contributed by atoms with van der Waals surface area (Å²) in [6.07, 6.45) is 5.55. The van der Waals surface area contributed by atoms with Gasteiger partial charge in [-0.2, -0.15) is 0 Å². The van der Waals surface area contributed by atoms with Gasteiger partial charge in [0.1, 0.15) is 5.75 Å². The largest absolute Gasteiger partial charge is 0.497 e. The third-order valence-electron chi connectivity index (χ3n) is 4.83. The van der Waals surface area contributed by atoms with Gasteiger partial charge in [-0.25, -0.2) is 4.79 Å². The summed E-state index contributed by atoms with van der Waals surface area (Å²) in [5, 5.41) is 2.72. The van der Waals surface area contributed by atoms with Crippen molar-refractivity contribution in [3.8, 4) is 5.75 Å². The number of amides is 1. The molecule has 0 spiro atoms. The molecule has 148 valence electrons. The number of esters is 1. The van der Waals surface area contributed by atoms with Crippen LogP contribution in [0.1, 0.15) is 41.4 Å². The van der Waals surface area contributed by atoms with Crippen molar-refractivity contribution in [1.82, 2.24) is 9.88 Å². The van der Waals surface area contributed by atoms with Crippen LogP contribution in [0.5, 0.6) is 5.75 Å². The number of hydrogen-bond acceptors (Lipinski definition) is 4. The van der Waals surface area contributed by atoms with E-state index in [1.165, 1.54) is 24.6 Å². The Hall–Kier alpha value is -3.02. The van der Waals surface area contributed by atoms with E-state index in [0.29, 0.717) is 12.6 Å². The van der Waals surface area contributed by atoms with Crippen molar-refractivity contribution >= 4 is 18.0 Å². The standard InChI is InChI=1S/C22H26N2O4/c1-15-12-18(16(2)24(15)19-7-8-19)6-11-22(26)28-14-21(25)23-13-17-4-9-20(27-3)10-5-17/h4-6,9-12,19H,7-8,13-14H2,1-3H3,(H,23,25)/b11-6+. The second kappa shape index (κ2) is 8.78. The van der Waals surface area contributed by atoms with Gasteiger partial charge in [-0.05, 0) is 62.1 Å². The molecule has 3 rings (SSSR count). The van der Waals surface area contributed by atoms with Gasteiger partial charge in [0.2, 0.25) is 0 Å². The molecule has 2 aromatic rings. The minimum absolute atomic E-state index is 0.305. The fourth-order valence-electron chi connectivity index (χ4n) is 3.20. The summed E-state index contributed by atoms with van der Waals surface area (Å²) in [4.78, 5) is 23.8. The van der Waals surface area contributed by atoms with Gasteiger partial charge in [-0.1, -0.05) is 12.1 Å². The maximum Gasteiger partial charge on any atom is 0.331 e. The van der Waals surface area contributed by atoms with Crippen molar-refractivity contribution in [2.24, 2.45) is 0 Å². The first kappa shape index (κ1) is 19.7. The zero-order valence-electron chi connectivity index (χ0n) is 16.5. The lowest BCUT2D eigenvalue weighted by atomic mass is 10.2. The summed E-state index contributed by atoms with van der Waals surface area (Å²) in [5.41, 5.74) is 4.30. The number of carbonyl (C=O) groups is 2. The minimum Gasteiger partial charge on any atom is -0.497 e. The summed E-state index contributed by atoms with van der Waals surface area (Å²) in [6, 6.07) is 10.1. The van der Waals surface area contributed by atoms with Gasteiger partial charge in [-0.3, -0.25) is 4.79 Å². The van der Waals surface area contributed by atoms with Crippen molar-refractivity contribution in [2.45, 2.75) is 39.3 Å². The van der Waals surface area contributed by atoms with Crippen molar-refractivity contribution in [3.05, 3.63) is 58.9 Å². The highest BCUT2D eigenvalue weighted by Crippen LogP contribution is 2.38. The van der Waals surface area contributed by atoms with Gasteiger partial charge in [0, 0.05) is 30.1 Å². The lowest BCUT2D eigenvalue weighted by Crippen LogP contribution is -2.28. The van der Waals surface area contributed by atoms with E-state index in [9.17, 15) is 9.59 Å². The molecule has 1 aliphatic carbocycles. The second-order valence-electron chi connectivity index (χ2n) is 6.99. The van der Waals surface area contributed by atoms with Crippen LogP contribution in [0.4, 0.5) is 0 Å². The molecule has 0 atom stereocenters. The van der Waals surface area contributed by atoms with Gasteiger partial charge in [-0.15, -0.1) is 0 Å². The number of aromatic nitrogens is 1. The number of ether oxygens (including phenoxy) is 2. The second-order valence-corrected chi connectivity index (χ2v) is 6.99. The van der Waals surface area contributed by atoms with Gasteiger partial charge in [0.05, 0.1) is 7.11 Å². The van der Waals surface area contributed by atoms with E-state index in [4.69, 9.17) is 9.47 Å². The Morgan fingerprint density at radius 1 is 1.21 bits per heavy atom. The first-order valence-electron chi connectivity index (χ1n) is 9.41. The van der Waals surface area contributed by atoms with E-state index < -0.39 is 5.97 Å². The van der Waals surface area contributed by atoms with Crippen LogP contribution in [0.2, 0.25) is 0 Å². The van der Waals surface area contributed by atoms with Gasteiger partial charge in [0.25, 0.3) is 5.91 Å². The van der Waals surface area contributed by atoms with Crippen molar-refractivity contribution in [3.63, 3.8) is 0 Å². The van der Waals surface area contributed by atoms with Crippen LogP contribution in [0, 0.1) is 13.8 Å². The van der Waals surface area contributed by atoms with Crippen LogP contribution in [0.3, 0.4) is 0 Å². The van der Waals surface area contributed by atoms with Crippen LogP contribution < -0.4 is 10.1 Å². The monoisotopic (exact) mass is 382 g/mol. The average molecular weight is 382 g/mol. The third-order valence-corrected chi connectivity index (χ3v) is 4.83. The van der Waals surface area contributed by atoms with Crippen molar-refractivity contribution in [1.29, 1.82) is 0 Å². The molecule has 1 N–H and O–H groups in total. The predicted octanol–water partition coefficient (Wildman–Crippen LogP) is 3.32. The number of rotatable bonds is 8. The first-order chi connectivity index (χ1) is 13.5. The molecule has 6 nitrogen and oxygen atoms in total. The summed E-state index contributed by atoms with van der Waals surface area (Å²) < 4.78 is 12.4. The third kappa shape index (κ3) is 5.03. The zero-order valence-corrected chi connectivity index (χ0v) is 16.5. The number of aryl methyl sites for hydroxylation is 1. The minimum atomic E-state index is -0.532. The molecular formula is C22H26N2O4. The Labute approximate surface area is 165 Å². The molecule has 0 saturated heterocycles. The molecule has 0 unspecified atom stereocenters. The van der Waals surface area contributed by atoms with Crippen molar-refractivity contribution in [2.75, 3.05) is 13.7 Å². The van der Waals surface area contributed by atoms with Crippen LogP contribution in [0.15, 0.2) is 36.4 Å². The van der Waals surface area contributed by atoms with E-state index in [-0.39, 0.29) is 12.5 Å².